The number of hydrogen-bond acceptors (Lipinski definition) is 3. The number of hydrogen-bond donors (Lipinski definition) is 3. The molecule has 3 N–H and O–H groups in total. The normalized spacial score (nSPS) is 20.3. The molecule has 6 heteroatoms. The number of aryl methyl sites for hydroxylation is 3. The highest BCUT2D eigenvalue weighted by Crippen LogP contribution is 2.31. The van der Waals surface area contributed by atoms with Crippen molar-refractivity contribution in [1.29, 1.82) is 0 Å². The molecule has 1 aromatic rings. The molecule has 0 saturated carbocycles. The third-order valence-electron chi connectivity index (χ3n) is 4.95. The van der Waals surface area contributed by atoms with Crippen LogP contribution in [0.1, 0.15) is 35.1 Å². The average Bonchev–Trinajstić information content (AvgIpc) is 2.98. The standard InChI is InChI=1S/C19H31N3O2.HI/c1-14-9-15(2)17(16(3)10-14)11-21-18(20-4)22-12-19(5-7-23)6-8-24-13-19;/h9-10,23H,5-8,11-13H2,1-4H3,(H2,20,21,22);1H. The Morgan fingerprint density at radius 3 is 2.44 bits per heavy atom. The van der Waals surface area contributed by atoms with Crippen LogP contribution in [-0.2, 0) is 11.3 Å². The number of aliphatic imine (C=N–C) groups is 1. The summed E-state index contributed by atoms with van der Waals surface area (Å²) in [5.74, 6) is 0.790. The Balaban J connectivity index is 0.00000312. The maximum atomic E-state index is 9.32. The van der Waals surface area contributed by atoms with E-state index in [1.54, 1.807) is 7.05 Å². The number of benzene rings is 1. The van der Waals surface area contributed by atoms with E-state index in [1.807, 2.05) is 0 Å². The molecule has 1 atom stereocenters. The van der Waals surface area contributed by atoms with Gasteiger partial charge in [-0.25, -0.2) is 0 Å². The van der Waals surface area contributed by atoms with Gasteiger partial charge in [-0.15, -0.1) is 24.0 Å². The van der Waals surface area contributed by atoms with Gasteiger partial charge in [0.1, 0.15) is 0 Å². The smallest absolute Gasteiger partial charge is 0.191 e. The van der Waals surface area contributed by atoms with Crippen molar-refractivity contribution in [3.63, 3.8) is 0 Å². The number of nitrogens with one attached hydrogen (secondary N) is 2. The van der Waals surface area contributed by atoms with Crippen molar-refractivity contribution < 1.29 is 9.84 Å². The second kappa shape index (κ2) is 10.3. The first kappa shape index (κ1) is 22.2. The highest BCUT2D eigenvalue weighted by molar-refractivity contribution is 14.0. The van der Waals surface area contributed by atoms with Gasteiger partial charge in [-0.1, -0.05) is 17.7 Å². The molecular formula is C19H32IN3O2. The molecule has 142 valence electrons. The van der Waals surface area contributed by atoms with E-state index < -0.39 is 0 Å². The van der Waals surface area contributed by atoms with Gasteiger partial charge in [0.25, 0.3) is 0 Å². The summed E-state index contributed by atoms with van der Waals surface area (Å²) in [6, 6.07) is 4.43. The van der Waals surface area contributed by atoms with E-state index >= 15 is 0 Å². The molecule has 5 nitrogen and oxygen atoms in total. The number of aliphatic hydroxyl groups is 1. The van der Waals surface area contributed by atoms with Gasteiger partial charge >= 0.3 is 0 Å². The van der Waals surface area contributed by atoms with Crippen LogP contribution in [0.2, 0.25) is 0 Å². The van der Waals surface area contributed by atoms with Gasteiger partial charge < -0.3 is 20.5 Å². The zero-order chi connectivity index (χ0) is 17.6. The Morgan fingerprint density at radius 1 is 1.24 bits per heavy atom. The quantitative estimate of drug-likeness (QED) is 0.346. The van der Waals surface area contributed by atoms with Gasteiger partial charge in [-0.2, -0.15) is 0 Å². The molecule has 1 aliphatic rings. The highest BCUT2D eigenvalue weighted by Gasteiger charge is 2.34. The van der Waals surface area contributed by atoms with Crippen molar-refractivity contribution in [3.8, 4) is 0 Å². The molecule has 0 bridgehead atoms. The molecule has 2 rings (SSSR count). The third kappa shape index (κ3) is 6.11. The fourth-order valence-electron chi connectivity index (χ4n) is 3.46. The van der Waals surface area contributed by atoms with Crippen LogP contribution in [0, 0.1) is 26.2 Å². The molecule has 0 radical (unpaired) electrons. The summed E-state index contributed by atoms with van der Waals surface area (Å²) in [6.07, 6.45) is 1.74. The Morgan fingerprint density at radius 2 is 1.92 bits per heavy atom. The fraction of sp³-hybridized carbons (Fsp3) is 0.632. The van der Waals surface area contributed by atoms with E-state index in [0.29, 0.717) is 6.61 Å². The van der Waals surface area contributed by atoms with E-state index in [0.717, 1.165) is 38.5 Å². The van der Waals surface area contributed by atoms with Crippen LogP contribution in [0.25, 0.3) is 0 Å². The largest absolute Gasteiger partial charge is 0.396 e. The number of nitrogens with zero attached hydrogens (tertiary/aromatic N) is 1. The first-order valence-corrected chi connectivity index (χ1v) is 8.69. The average molecular weight is 461 g/mol. The van der Waals surface area contributed by atoms with E-state index in [9.17, 15) is 5.11 Å². The summed E-state index contributed by atoms with van der Waals surface area (Å²) >= 11 is 0. The molecule has 0 aliphatic carbocycles. The molecule has 0 spiro atoms. The molecule has 1 saturated heterocycles. The van der Waals surface area contributed by atoms with Crippen molar-refractivity contribution >= 4 is 29.9 Å². The minimum absolute atomic E-state index is 0. The summed E-state index contributed by atoms with van der Waals surface area (Å²) in [4.78, 5) is 4.32. The number of halogens is 1. The van der Waals surface area contributed by atoms with Crippen molar-refractivity contribution in [1.82, 2.24) is 10.6 Å². The van der Waals surface area contributed by atoms with Gasteiger partial charge in [-0.05, 0) is 50.3 Å². The van der Waals surface area contributed by atoms with Gasteiger partial charge in [0, 0.05) is 38.8 Å². The Hall–Kier alpha value is -0.860. The maximum Gasteiger partial charge on any atom is 0.191 e. The summed E-state index contributed by atoms with van der Waals surface area (Å²) in [7, 11) is 1.79. The lowest BCUT2D eigenvalue weighted by molar-refractivity contribution is 0.127. The minimum atomic E-state index is 0. The SMILES string of the molecule is CN=C(NCc1c(C)cc(C)cc1C)NCC1(CCO)CCOC1.I. The lowest BCUT2D eigenvalue weighted by atomic mass is 9.84. The number of ether oxygens (including phenoxy) is 1. The van der Waals surface area contributed by atoms with Crippen LogP contribution in [0.4, 0.5) is 0 Å². The van der Waals surface area contributed by atoms with E-state index in [4.69, 9.17) is 4.74 Å². The first-order valence-electron chi connectivity index (χ1n) is 8.69. The Kier molecular flexibility index (Phi) is 9.16. The number of aliphatic hydroxyl groups excluding tert-OH is 1. The Labute approximate surface area is 168 Å². The lowest BCUT2D eigenvalue weighted by Crippen LogP contribution is -2.44. The predicted octanol–water partition coefficient (Wildman–Crippen LogP) is 2.68. The fourth-order valence-corrected chi connectivity index (χ4v) is 3.46. The number of rotatable bonds is 6. The molecule has 1 aliphatic heterocycles. The Bertz CT molecular complexity index is 561. The summed E-state index contributed by atoms with van der Waals surface area (Å²) in [6.45, 7) is 9.61. The molecule has 0 amide bonds. The molecule has 25 heavy (non-hydrogen) atoms. The van der Waals surface area contributed by atoms with Gasteiger partial charge in [0.05, 0.1) is 6.61 Å². The zero-order valence-corrected chi connectivity index (χ0v) is 18.1. The van der Waals surface area contributed by atoms with Crippen LogP contribution in [-0.4, -0.2) is 44.5 Å². The van der Waals surface area contributed by atoms with E-state index in [2.05, 4.69) is 48.5 Å². The summed E-state index contributed by atoms with van der Waals surface area (Å²) < 4.78 is 5.54. The molecule has 1 unspecified atom stereocenters. The molecule has 1 fully saturated rings. The van der Waals surface area contributed by atoms with Gasteiger partial charge in [-0.3, -0.25) is 4.99 Å². The monoisotopic (exact) mass is 461 g/mol. The topological polar surface area (TPSA) is 65.9 Å². The summed E-state index contributed by atoms with van der Waals surface area (Å²) in [5.41, 5.74) is 5.23. The second-order valence-electron chi connectivity index (χ2n) is 6.93. The maximum absolute atomic E-state index is 9.32. The van der Waals surface area contributed by atoms with E-state index in [-0.39, 0.29) is 36.0 Å². The van der Waals surface area contributed by atoms with Gasteiger partial charge in [0.15, 0.2) is 5.96 Å². The first-order chi connectivity index (χ1) is 11.5. The number of guanidine groups is 1. The highest BCUT2D eigenvalue weighted by atomic mass is 127. The van der Waals surface area contributed by atoms with Crippen LogP contribution < -0.4 is 10.6 Å². The van der Waals surface area contributed by atoms with Gasteiger partial charge in [0.2, 0.25) is 0 Å². The van der Waals surface area contributed by atoms with Crippen molar-refractivity contribution in [3.05, 3.63) is 34.4 Å². The lowest BCUT2D eigenvalue weighted by Gasteiger charge is -2.27. The van der Waals surface area contributed by atoms with Crippen LogP contribution >= 0.6 is 24.0 Å². The predicted molar refractivity (Wildman–Crippen MR) is 114 cm³/mol. The molecule has 1 aromatic carbocycles. The van der Waals surface area contributed by atoms with Crippen molar-refractivity contribution in [2.45, 2.75) is 40.2 Å². The van der Waals surface area contributed by atoms with Crippen LogP contribution in [0.3, 0.4) is 0 Å². The van der Waals surface area contributed by atoms with Crippen molar-refractivity contribution in [2.75, 3.05) is 33.4 Å². The second-order valence-corrected chi connectivity index (χ2v) is 6.93. The summed E-state index contributed by atoms with van der Waals surface area (Å²) in [5, 5.41) is 16.1. The van der Waals surface area contributed by atoms with Crippen LogP contribution in [0.15, 0.2) is 17.1 Å². The molecule has 1 heterocycles. The molecule has 0 aromatic heterocycles. The third-order valence-corrected chi connectivity index (χ3v) is 4.95. The molecular weight excluding hydrogens is 429 g/mol. The van der Waals surface area contributed by atoms with Crippen molar-refractivity contribution in [2.24, 2.45) is 10.4 Å². The zero-order valence-electron chi connectivity index (χ0n) is 15.8. The minimum Gasteiger partial charge on any atom is -0.396 e. The van der Waals surface area contributed by atoms with E-state index in [1.165, 1.54) is 22.3 Å². The van der Waals surface area contributed by atoms with Crippen LogP contribution in [0.5, 0.6) is 0 Å².